The smallest absolute Gasteiger partial charge is 0.348 e. The maximum Gasteiger partial charge on any atom is 0.348 e. The molecule has 4 nitrogen and oxygen atoms in total. The highest BCUT2D eigenvalue weighted by atomic mass is 35.5. The van der Waals surface area contributed by atoms with E-state index in [0.717, 1.165) is 35.3 Å². The fourth-order valence-corrected chi connectivity index (χ4v) is 5.07. The van der Waals surface area contributed by atoms with Gasteiger partial charge in [-0.1, -0.05) is 57.5 Å². The van der Waals surface area contributed by atoms with Gasteiger partial charge in [-0.2, -0.15) is 0 Å². The Bertz CT molecular complexity index is 1030. The van der Waals surface area contributed by atoms with E-state index in [4.69, 9.17) is 4.74 Å². The molecule has 31 heavy (non-hydrogen) atoms. The Balaban J connectivity index is 0.00000272. The SMILES string of the molecule is CC(C)[C@@H]1CC[C@@H](C)CC1OC(=O)Cn1c(-c2ccccc2)[n+](C)c2ccccc21.[Cl-]. The second-order valence-electron chi connectivity index (χ2n) is 9.18. The molecule has 1 unspecified atom stereocenters. The third-order valence-corrected chi connectivity index (χ3v) is 6.67. The number of aromatic nitrogens is 2. The zero-order chi connectivity index (χ0) is 21.3. The summed E-state index contributed by atoms with van der Waals surface area (Å²) in [5.41, 5.74) is 3.25. The summed E-state index contributed by atoms with van der Waals surface area (Å²) in [7, 11) is 2.06. The van der Waals surface area contributed by atoms with E-state index in [-0.39, 0.29) is 31.0 Å². The number of hydrogen-bond acceptors (Lipinski definition) is 2. The maximum absolute atomic E-state index is 13.1. The van der Waals surface area contributed by atoms with Crippen LogP contribution in [0.2, 0.25) is 0 Å². The van der Waals surface area contributed by atoms with Crippen molar-refractivity contribution in [3.63, 3.8) is 0 Å². The number of carbonyl (C=O) groups excluding carboxylic acids is 1. The quantitative estimate of drug-likeness (QED) is 0.450. The van der Waals surface area contributed by atoms with E-state index in [9.17, 15) is 4.79 Å². The van der Waals surface area contributed by atoms with Crippen molar-refractivity contribution >= 4 is 17.0 Å². The van der Waals surface area contributed by atoms with Crippen LogP contribution >= 0.6 is 0 Å². The molecule has 1 aliphatic carbocycles. The fraction of sp³-hybridized carbons (Fsp3) is 0.462. The van der Waals surface area contributed by atoms with Crippen LogP contribution in [0.1, 0.15) is 40.0 Å². The van der Waals surface area contributed by atoms with Gasteiger partial charge in [0.1, 0.15) is 6.10 Å². The third kappa shape index (κ3) is 4.79. The third-order valence-electron chi connectivity index (χ3n) is 6.67. The summed E-state index contributed by atoms with van der Waals surface area (Å²) in [5, 5.41) is 0. The van der Waals surface area contributed by atoms with Crippen molar-refractivity contribution in [3.05, 3.63) is 54.6 Å². The number of rotatable bonds is 5. The molecule has 3 atom stereocenters. The van der Waals surface area contributed by atoms with Crippen LogP contribution in [0.25, 0.3) is 22.4 Å². The maximum atomic E-state index is 13.1. The molecule has 5 heteroatoms. The molecule has 0 saturated heterocycles. The van der Waals surface area contributed by atoms with Crippen LogP contribution in [-0.2, 0) is 23.1 Å². The number of carbonyl (C=O) groups is 1. The largest absolute Gasteiger partial charge is 1.00 e. The summed E-state index contributed by atoms with van der Waals surface area (Å²) in [5.74, 6) is 2.48. The Morgan fingerprint density at radius 3 is 2.48 bits per heavy atom. The molecule has 0 amide bonds. The first-order valence-electron chi connectivity index (χ1n) is 11.2. The molecule has 0 bridgehead atoms. The topological polar surface area (TPSA) is 35.1 Å². The number of halogens is 1. The lowest BCUT2D eigenvalue weighted by atomic mass is 9.75. The molecule has 0 spiro atoms. The van der Waals surface area contributed by atoms with Crippen molar-refractivity contribution in [2.45, 2.75) is 52.7 Å². The van der Waals surface area contributed by atoms with Crippen molar-refractivity contribution in [3.8, 4) is 11.4 Å². The summed E-state index contributed by atoms with van der Waals surface area (Å²) >= 11 is 0. The Kier molecular flexibility index (Phi) is 7.42. The van der Waals surface area contributed by atoms with E-state index >= 15 is 0 Å². The van der Waals surface area contributed by atoms with Gasteiger partial charge < -0.3 is 17.1 Å². The standard InChI is InChI=1S/C26H33N2O2.ClH/c1-18(2)21-15-14-19(3)16-24(21)30-25(29)17-28-23-13-9-8-12-22(23)27(4)26(28)20-10-6-5-7-11-20;/h5-13,18-19,21,24H,14-17H2,1-4H3;1H/q+1;/p-1/t19-,21+,24?;/m1./s1. The first-order valence-corrected chi connectivity index (χ1v) is 11.2. The van der Waals surface area contributed by atoms with Crippen LogP contribution in [0, 0.1) is 17.8 Å². The van der Waals surface area contributed by atoms with Crippen LogP contribution in [0.5, 0.6) is 0 Å². The van der Waals surface area contributed by atoms with Gasteiger partial charge in [-0.25, -0.2) is 13.9 Å². The minimum absolute atomic E-state index is 0. The van der Waals surface area contributed by atoms with Crippen molar-refractivity contribution in [2.75, 3.05) is 0 Å². The normalized spacial score (nSPS) is 21.1. The van der Waals surface area contributed by atoms with Gasteiger partial charge in [0.2, 0.25) is 0 Å². The van der Waals surface area contributed by atoms with E-state index < -0.39 is 0 Å². The van der Waals surface area contributed by atoms with Gasteiger partial charge in [0.25, 0.3) is 5.82 Å². The van der Waals surface area contributed by atoms with Crippen molar-refractivity contribution < 1.29 is 26.5 Å². The highest BCUT2D eigenvalue weighted by Gasteiger charge is 2.34. The molecule has 4 rings (SSSR count). The highest BCUT2D eigenvalue weighted by molar-refractivity contribution is 5.79. The Morgan fingerprint density at radius 2 is 1.77 bits per heavy atom. The molecule has 0 N–H and O–H groups in total. The average molecular weight is 441 g/mol. The predicted octanol–water partition coefficient (Wildman–Crippen LogP) is 2.14. The number of ether oxygens (including phenoxy) is 1. The minimum Gasteiger partial charge on any atom is -1.00 e. The van der Waals surface area contributed by atoms with Gasteiger partial charge in [-0.15, -0.1) is 0 Å². The lowest BCUT2D eigenvalue weighted by molar-refractivity contribution is -0.634. The van der Waals surface area contributed by atoms with E-state index in [2.05, 4.69) is 61.2 Å². The molecule has 1 aromatic heterocycles. The molecule has 2 aromatic carbocycles. The van der Waals surface area contributed by atoms with Crippen LogP contribution < -0.4 is 17.0 Å². The molecule has 166 valence electrons. The summed E-state index contributed by atoms with van der Waals surface area (Å²) in [6.45, 7) is 6.98. The van der Waals surface area contributed by atoms with Crippen LogP contribution in [0.4, 0.5) is 0 Å². The number of nitrogens with zero attached hydrogens (tertiary/aromatic N) is 2. The predicted molar refractivity (Wildman–Crippen MR) is 120 cm³/mol. The summed E-state index contributed by atoms with van der Waals surface area (Å²) < 4.78 is 10.4. The average Bonchev–Trinajstić information content (AvgIpc) is 3.00. The molecular formula is C26H33ClN2O2. The summed E-state index contributed by atoms with van der Waals surface area (Å²) in [6, 6.07) is 18.5. The van der Waals surface area contributed by atoms with E-state index in [1.165, 1.54) is 6.42 Å². The molecule has 3 aromatic rings. The number of para-hydroxylation sites is 2. The van der Waals surface area contributed by atoms with Crippen molar-refractivity contribution in [2.24, 2.45) is 24.8 Å². The second kappa shape index (κ2) is 9.86. The van der Waals surface area contributed by atoms with E-state index in [1.807, 2.05) is 30.3 Å². The lowest BCUT2D eigenvalue weighted by Gasteiger charge is -2.36. The van der Waals surface area contributed by atoms with Crippen LogP contribution in [0.15, 0.2) is 54.6 Å². The van der Waals surface area contributed by atoms with Crippen LogP contribution in [0.3, 0.4) is 0 Å². The van der Waals surface area contributed by atoms with E-state index in [1.54, 1.807) is 0 Å². The van der Waals surface area contributed by atoms with Crippen LogP contribution in [-0.4, -0.2) is 16.6 Å². The molecular weight excluding hydrogens is 408 g/mol. The molecule has 0 aliphatic heterocycles. The van der Waals surface area contributed by atoms with Crippen molar-refractivity contribution in [1.82, 2.24) is 4.57 Å². The van der Waals surface area contributed by atoms with Crippen molar-refractivity contribution in [1.29, 1.82) is 0 Å². The van der Waals surface area contributed by atoms with Gasteiger partial charge in [0.05, 0.1) is 12.6 Å². The molecule has 1 fully saturated rings. The van der Waals surface area contributed by atoms with Gasteiger partial charge in [-0.3, -0.25) is 0 Å². The Morgan fingerprint density at radius 1 is 1.10 bits per heavy atom. The molecule has 0 radical (unpaired) electrons. The minimum atomic E-state index is -0.140. The second-order valence-corrected chi connectivity index (χ2v) is 9.18. The molecule has 1 aliphatic rings. The van der Waals surface area contributed by atoms with Gasteiger partial charge in [0.15, 0.2) is 17.6 Å². The highest BCUT2D eigenvalue weighted by Crippen LogP contribution is 2.35. The number of benzene rings is 2. The summed E-state index contributed by atoms with van der Waals surface area (Å²) in [6.07, 6.45) is 3.37. The first kappa shape index (κ1) is 23.3. The van der Waals surface area contributed by atoms with Gasteiger partial charge in [-0.05, 0) is 54.9 Å². The number of fused-ring (bicyclic) bond motifs is 1. The first-order chi connectivity index (χ1) is 14.5. The number of esters is 1. The molecule has 1 heterocycles. The van der Waals surface area contributed by atoms with Gasteiger partial charge >= 0.3 is 5.97 Å². The Hall–Kier alpha value is -2.33. The monoisotopic (exact) mass is 440 g/mol. The Labute approximate surface area is 191 Å². The fourth-order valence-electron chi connectivity index (χ4n) is 5.07. The zero-order valence-corrected chi connectivity index (χ0v) is 19.7. The zero-order valence-electron chi connectivity index (χ0n) is 18.9. The van der Waals surface area contributed by atoms with Gasteiger partial charge in [0, 0.05) is 0 Å². The lowest BCUT2D eigenvalue weighted by Crippen LogP contribution is -3.00. The molecule has 1 saturated carbocycles. The number of imidazole rings is 1. The van der Waals surface area contributed by atoms with E-state index in [0.29, 0.717) is 17.8 Å². The number of hydrogen-bond donors (Lipinski definition) is 0. The summed E-state index contributed by atoms with van der Waals surface area (Å²) in [4.78, 5) is 13.1. The number of aryl methyl sites for hydroxylation is 1.